The average Bonchev–Trinajstić information content (AvgIpc) is 3.15. The number of H-pyrrole nitrogens is 2. The summed E-state index contributed by atoms with van der Waals surface area (Å²) < 4.78 is 0. The monoisotopic (exact) mass is 282 g/mol. The Morgan fingerprint density at radius 1 is 1.19 bits per heavy atom. The molecule has 0 spiro atoms. The fourth-order valence-electron chi connectivity index (χ4n) is 2.44. The quantitative estimate of drug-likeness (QED) is 0.648. The van der Waals surface area contributed by atoms with Crippen LogP contribution in [0.2, 0.25) is 0 Å². The minimum atomic E-state index is 0.0797. The van der Waals surface area contributed by atoms with Crippen molar-refractivity contribution in [3.63, 3.8) is 0 Å². The summed E-state index contributed by atoms with van der Waals surface area (Å²) in [5, 5.41) is 10.8. The molecule has 0 bridgehead atoms. The van der Waals surface area contributed by atoms with Crippen LogP contribution >= 0.6 is 0 Å². The second-order valence-corrected chi connectivity index (χ2v) is 5.07. The van der Waals surface area contributed by atoms with Gasteiger partial charge in [-0.1, -0.05) is 18.2 Å². The van der Waals surface area contributed by atoms with Gasteiger partial charge in [0.05, 0.1) is 6.20 Å². The van der Waals surface area contributed by atoms with Gasteiger partial charge in [0.25, 0.3) is 0 Å². The summed E-state index contributed by atoms with van der Waals surface area (Å²) in [7, 11) is 0. The van der Waals surface area contributed by atoms with Crippen molar-refractivity contribution in [2.24, 2.45) is 0 Å². The molecule has 0 aliphatic carbocycles. The summed E-state index contributed by atoms with van der Waals surface area (Å²) in [4.78, 5) is 15.0. The number of rotatable bonds is 6. The number of aromatic amines is 2. The van der Waals surface area contributed by atoms with Crippen molar-refractivity contribution in [2.75, 3.05) is 6.54 Å². The van der Waals surface area contributed by atoms with Crippen molar-refractivity contribution >= 4 is 16.8 Å². The molecular weight excluding hydrogens is 264 g/mol. The van der Waals surface area contributed by atoms with Crippen LogP contribution in [0.15, 0.2) is 42.9 Å². The lowest BCUT2D eigenvalue weighted by atomic mass is 10.1. The molecule has 0 unspecified atom stereocenters. The summed E-state index contributed by atoms with van der Waals surface area (Å²) in [6.07, 6.45) is 7.63. The molecule has 1 aromatic carbocycles. The van der Waals surface area contributed by atoms with Gasteiger partial charge in [-0.15, -0.1) is 0 Å². The molecule has 1 amide bonds. The molecule has 5 heteroatoms. The number of hydrogen-bond donors (Lipinski definition) is 3. The Morgan fingerprint density at radius 2 is 2.10 bits per heavy atom. The highest BCUT2D eigenvalue weighted by Gasteiger charge is 2.05. The second-order valence-electron chi connectivity index (χ2n) is 5.07. The summed E-state index contributed by atoms with van der Waals surface area (Å²) in [5.74, 6) is 0.0797. The predicted octanol–water partition coefficient (Wildman–Crippen LogP) is 2.18. The van der Waals surface area contributed by atoms with Crippen molar-refractivity contribution in [2.45, 2.75) is 19.3 Å². The number of aromatic nitrogens is 3. The van der Waals surface area contributed by atoms with Gasteiger partial charge in [-0.25, -0.2) is 0 Å². The molecule has 0 aliphatic heterocycles. The van der Waals surface area contributed by atoms with Gasteiger partial charge in [-0.3, -0.25) is 9.89 Å². The first kappa shape index (κ1) is 13.4. The van der Waals surface area contributed by atoms with E-state index in [0.29, 0.717) is 13.0 Å². The number of benzene rings is 1. The van der Waals surface area contributed by atoms with Crippen LogP contribution in [0.3, 0.4) is 0 Å². The molecule has 21 heavy (non-hydrogen) atoms. The molecule has 0 saturated heterocycles. The maximum absolute atomic E-state index is 11.8. The van der Waals surface area contributed by atoms with E-state index in [9.17, 15) is 4.79 Å². The minimum absolute atomic E-state index is 0.0797. The van der Waals surface area contributed by atoms with Gasteiger partial charge in [0.2, 0.25) is 5.91 Å². The normalized spacial score (nSPS) is 10.9. The number of nitrogens with one attached hydrogen (secondary N) is 3. The number of fused-ring (bicyclic) bond motifs is 1. The first-order valence-corrected chi connectivity index (χ1v) is 7.12. The highest BCUT2D eigenvalue weighted by molar-refractivity contribution is 5.83. The number of carbonyl (C=O) groups is 1. The smallest absolute Gasteiger partial charge is 0.220 e. The minimum Gasteiger partial charge on any atom is -0.361 e. The van der Waals surface area contributed by atoms with Gasteiger partial charge in [-0.05, 0) is 30.0 Å². The molecule has 108 valence electrons. The van der Waals surface area contributed by atoms with E-state index in [4.69, 9.17) is 0 Å². The molecule has 0 atom stereocenters. The molecule has 0 aliphatic rings. The van der Waals surface area contributed by atoms with E-state index in [-0.39, 0.29) is 5.91 Å². The lowest BCUT2D eigenvalue weighted by Crippen LogP contribution is -2.25. The molecule has 0 saturated carbocycles. The van der Waals surface area contributed by atoms with Crippen LogP contribution in [-0.2, 0) is 17.6 Å². The Labute approximate surface area is 122 Å². The summed E-state index contributed by atoms with van der Waals surface area (Å²) in [6.45, 7) is 0.659. The van der Waals surface area contributed by atoms with E-state index in [1.165, 1.54) is 10.9 Å². The Kier molecular flexibility index (Phi) is 4.00. The summed E-state index contributed by atoms with van der Waals surface area (Å²) >= 11 is 0. The van der Waals surface area contributed by atoms with Crippen LogP contribution in [0, 0.1) is 0 Å². The zero-order valence-corrected chi connectivity index (χ0v) is 11.7. The van der Waals surface area contributed by atoms with Crippen molar-refractivity contribution in [1.82, 2.24) is 20.5 Å². The summed E-state index contributed by atoms with van der Waals surface area (Å²) in [5.41, 5.74) is 3.43. The lowest BCUT2D eigenvalue weighted by Gasteiger charge is -2.04. The van der Waals surface area contributed by atoms with Gasteiger partial charge in [0.1, 0.15) is 0 Å². The predicted molar refractivity (Wildman–Crippen MR) is 81.9 cm³/mol. The lowest BCUT2D eigenvalue weighted by molar-refractivity contribution is -0.121. The standard InChI is InChI=1S/C16H18N4O/c21-16(6-5-12-9-19-20-10-12)17-8-7-13-11-18-15-4-2-1-3-14(13)15/h1-4,9-11,18H,5-8H2,(H,17,21)(H,19,20). The third-order valence-corrected chi connectivity index (χ3v) is 3.59. The Balaban J connectivity index is 1.46. The van der Waals surface area contributed by atoms with Gasteiger partial charge in [0.15, 0.2) is 0 Å². The van der Waals surface area contributed by atoms with Crippen molar-refractivity contribution in [3.8, 4) is 0 Å². The molecular formula is C16H18N4O. The fourth-order valence-corrected chi connectivity index (χ4v) is 2.44. The van der Waals surface area contributed by atoms with Crippen LogP contribution < -0.4 is 5.32 Å². The van der Waals surface area contributed by atoms with E-state index < -0.39 is 0 Å². The van der Waals surface area contributed by atoms with Crippen molar-refractivity contribution in [1.29, 1.82) is 0 Å². The Hall–Kier alpha value is -2.56. The van der Waals surface area contributed by atoms with E-state index >= 15 is 0 Å². The number of nitrogens with zero attached hydrogens (tertiary/aromatic N) is 1. The number of aryl methyl sites for hydroxylation is 1. The van der Waals surface area contributed by atoms with Crippen LogP contribution in [0.25, 0.3) is 10.9 Å². The van der Waals surface area contributed by atoms with Crippen molar-refractivity contribution in [3.05, 3.63) is 54.0 Å². The van der Waals surface area contributed by atoms with Crippen LogP contribution in [0.5, 0.6) is 0 Å². The van der Waals surface area contributed by atoms with Crippen molar-refractivity contribution < 1.29 is 4.79 Å². The molecule has 3 aromatic rings. The van der Waals surface area contributed by atoms with Gasteiger partial charge >= 0.3 is 0 Å². The van der Waals surface area contributed by atoms with Gasteiger partial charge < -0.3 is 10.3 Å². The zero-order chi connectivity index (χ0) is 14.5. The van der Waals surface area contributed by atoms with Crippen LogP contribution in [0.4, 0.5) is 0 Å². The highest BCUT2D eigenvalue weighted by Crippen LogP contribution is 2.17. The average molecular weight is 282 g/mol. The number of hydrogen-bond acceptors (Lipinski definition) is 2. The molecule has 0 radical (unpaired) electrons. The zero-order valence-electron chi connectivity index (χ0n) is 11.7. The molecule has 2 aromatic heterocycles. The molecule has 3 N–H and O–H groups in total. The molecule has 3 rings (SSSR count). The molecule has 2 heterocycles. The third kappa shape index (κ3) is 3.31. The second kappa shape index (κ2) is 6.26. The van der Waals surface area contributed by atoms with Crippen LogP contribution in [0.1, 0.15) is 17.5 Å². The number of carbonyl (C=O) groups excluding carboxylic acids is 1. The first-order valence-electron chi connectivity index (χ1n) is 7.12. The van der Waals surface area contributed by atoms with E-state index in [1.54, 1.807) is 6.20 Å². The number of para-hydroxylation sites is 1. The maximum atomic E-state index is 11.8. The maximum Gasteiger partial charge on any atom is 0.220 e. The third-order valence-electron chi connectivity index (χ3n) is 3.59. The first-order chi connectivity index (χ1) is 10.3. The molecule has 5 nitrogen and oxygen atoms in total. The van der Waals surface area contributed by atoms with E-state index in [0.717, 1.165) is 23.9 Å². The SMILES string of the molecule is O=C(CCc1cn[nH]c1)NCCc1c[nH]c2ccccc12. The largest absolute Gasteiger partial charge is 0.361 e. The van der Waals surface area contributed by atoms with Gasteiger partial charge in [-0.2, -0.15) is 5.10 Å². The van der Waals surface area contributed by atoms with E-state index in [1.807, 2.05) is 24.5 Å². The number of amides is 1. The Morgan fingerprint density at radius 3 is 2.95 bits per heavy atom. The van der Waals surface area contributed by atoms with Crippen LogP contribution in [-0.4, -0.2) is 27.6 Å². The topological polar surface area (TPSA) is 73.6 Å². The summed E-state index contributed by atoms with van der Waals surface area (Å²) in [6, 6.07) is 8.20. The highest BCUT2D eigenvalue weighted by atomic mass is 16.1. The van der Waals surface area contributed by atoms with E-state index in [2.05, 4.69) is 32.6 Å². The Bertz CT molecular complexity index is 715. The fraction of sp³-hybridized carbons (Fsp3) is 0.250. The van der Waals surface area contributed by atoms with Gasteiger partial charge in [0, 0.05) is 36.3 Å². The molecule has 0 fully saturated rings.